The second-order valence-electron chi connectivity index (χ2n) is 4.82. The first kappa shape index (κ1) is 12.6. The Kier molecular flexibility index (Phi) is 3.33. The molecule has 0 aliphatic carbocycles. The van der Waals surface area contributed by atoms with Crippen molar-refractivity contribution < 1.29 is 4.39 Å². The SMILES string of the molecule is Cc1cc(-c2ccc(F)cc2)n(Cc2ccccc2)n1. The van der Waals surface area contributed by atoms with E-state index >= 15 is 0 Å². The largest absolute Gasteiger partial charge is 0.260 e. The summed E-state index contributed by atoms with van der Waals surface area (Å²) in [5, 5.41) is 4.53. The van der Waals surface area contributed by atoms with Crippen LogP contribution in [-0.2, 0) is 6.54 Å². The summed E-state index contributed by atoms with van der Waals surface area (Å²) >= 11 is 0. The monoisotopic (exact) mass is 266 g/mol. The summed E-state index contributed by atoms with van der Waals surface area (Å²) in [6, 6.07) is 18.7. The van der Waals surface area contributed by atoms with Gasteiger partial charge in [0.05, 0.1) is 17.9 Å². The van der Waals surface area contributed by atoms with Crippen LogP contribution in [0.4, 0.5) is 4.39 Å². The van der Waals surface area contributed by atoms with Gasteiger partial charge in [-0.1, -0.05) is 30.3 Å². The van der Waals surface area contributed by atoms with E-state index in [4.69, 9.17) is 0 Å². The fraction of sp³-hybridized carbons (Fsp3) is 0.118. The van der Waals surface area contributed by atoms with Gasteiger partial charge in [0, 0.05) is 5.56 Å². The van der Waals surface area contributed by atoms with Crippen molar-refractivity contribution in [2.75, 3.05) is 0 Å². The summed E-state index contributed by atoms with van der Waals surface area (Å²) in [6.45, 7) is 2.68. The van der Waals surface area contributed by atoms with E-state index in [1.807, 2.05) is 35.9 Å². The number of rotatable bonds is 3. The molecular weight excluding hydrogens is 251 g/mol. The lowest BCUT2D eigenvalue weighted by Gasteiger charge is -2.07. The fourth-order valence-electron chi connectivity index (χ4n) is 2.28. The maximum Gasteiger partial charge on any atom is 0.123 e. The van der Waals surface area contributed by atoms with Crippen LogP contribution in [0, 0.1) is 12.7 Å². The minimum absolute atomic E-state index is 0.223. The molecule has 0 aliphatic rings. The first-order chi connectivity index (χ1) is 9.72. The number of nitrogens with zero attached hydrogens (tertiary/aromatic N) is 2. The Morgan fingerprint density at radius 2 is 1.70 bits per heavy atom. The zero-order valence-corrected chi connectivity index (χ0v) is 11.3. The first-order valence-corrected chi connectivity index (χ1v) is 6.57. The lowest BCUT2D eigenvalue weighted by Crippen LogP contribution is -2.03. The van der Waals surface area contributed by atoms with Gasteiger partial charge in [-0.3, -0.25) is 4.68 Å². The highest BCUT2D eigenvalue weighted by molar-refractivity contribution is 5.60. The molecule has 3 heteroatoms. The third-order valence-corrected chi connectivity index (χ3v) is 3.22. The highest BCUT2D eigenvalue weighted by Crippen LogP contribution is 2.21. The molecule has 0 atom stereocenters. The van der Waals surface area contributed by atoms with Crippen molar-refractivity contribution in [2.24, 2.45) is 0 Å². The van der Waals surface area contributed by atoms with E-state index in [1.54, 1.807) is 12.1 Å². The lowest BCUT2D eigenvalue weighted by molar-refractivity contribution is 0.627. The Morgan fingerprint density at radius 1 is 1.00 bits per heavy atom. The quantitative estimate of drug-likeness (QED) is 0.699. The molecule has 0 spiro atoms. The molecule has 0 bridgehead atoms. The van der Waals surface area contributed by atoms with Crippen LogP contribution in [-0.4, -0.2) is 9.78 Å². The van der Waals surface area contributed by atoms with E-state index < -0.39 is 0 Å². The van der Waals surface area contributed by atoms with Gasteiger partial charge in [0.15, 0.2) is 0 Å². The molecular formula is C17H15FN2. The number of benzene rings is 2. The van der Waals surface area contributed by atoms with Gasteiger partial charge in [-0.25, -0.2) is 4.39 Å². The average molecular weight is 266 g/mol. The molecule has 0 unspecified atom stereocenters. The Labute approximate surface area is 117 Å². The van der Waals surface area contributed by atoms with Crippen LogP contribution in [0.25, 0.3) is 11.3 Å². The Morgan fingerprint density at radius 3 is 2.40 bits per heavy atom. The van der Waals surface area contributed by atoms with Gasteiger partial charge in [-0.15, -0.1) is 0 Å². The molecule has 0 amide bonds. The van der Waals surface area contributed by atoms with E-state index in [0.717, 1.165) is 17.0 Å². The van der Waals surface area contributed by atoms with Gasteiger partial charge in [0.1, 0.15) is 5.82 Å². The van der Waals surface area contributed by atoms with Crippen molar-refractivity contribution in [1.29, 1.82) is 0 Å². The minimum atomic E-state index is -0.223. The molecule has 3 aromatic rings. The van der Waals surface area contributed by atoms with Crippen LogP contribution in [0.3, 0.4) is 0 Å². The maximum atomic E-state index is 13.0. The molecule has 0 aliphatic heterocycles. The van der Waals surface area contributed by atoms with E-state index in [2.05, 4.69) is 17.2 Å². The zero-order valence-electron chi connectivity index (χ0n) is 11.3. The molecule has 3 rings (SSSR count). The summed E-state index contributed by atoms with van der Waals surface area (Å²) in [5.41, 5.74) is 4.13. The molecule has 0 saturated heterocycles. The molecule has 0 radical (unpaired) electrons. The Bertz CT molecular complexity index is 700. The number of hydrogen-bond acceptors (Lipinski definition) is 1. The third kappa shape index (κ3) is 2.62. The normalized spacial score (nSPS) is 10.7. The molecule has 0 saturated carbocycles. The number of aryl methyl sites for hydroxylation is 1. The molecule has 1 heterocycles. The molecule has 2 aromatic carbocycles. The van der Waals surface area contributed by atoms with Crippen LogP contribution < -0.4 is 0 Å². The maximum absolute atomic E-state index is 13.0. The van der Waals surface area contributed by atoms with Crippen LogP contribution >= 0.6 is 0 Å². The summed E-state index contributed by atoms with van der Waals surface area (Å²) in [6.07, 6.45) is 0. The number of halogens is 1. The summed E-state index contributed by atoms with van der Waals surface area (Å²) in [5.74, 6) is -0.223. The van der Waals surface area contributed by atoms with Gasteiger partial charge in [0.2, 0.25) is 0 Å². The molecule has 20 heavy (non-hydrogen) atoms. The second kappa shape index (κ2) is 5.29. The Hall–Kier alpha value is -2.42. The fourth-order valence-corrected chi connectivity index (χ4v) is 2.28. The molecule has 0 N–H and O–H groups in total. The van der Waals surface area contributed by atoms with Crippen molar-refractivity contribution in [3.8, 4) is 11.3 Å². The topological polar surface area (TPSA) is 17.8 Å². The van der Waals surface area contributed by atoms with E-state index in [1.165, 1.54) is 17.7 Å². The average Bonchev–Trinajstić information content (AvgIpc) is 2.81. The first-order valence-electron chi connectivity index (χ1n) is 6.57. The zero-order chi connectivity index (χ0) is 13.9. The smallest absolute Gasteiger partial charge is 0.123 e. The predicted molar refractivity (Wildman–Crippen MR) is 77.9 cm³/mol. The van der Waals surface area contributed by atoms with E-state index in [-0.39, 0.29) is 5.82 Å². The van der Waals surface area contributed by atoms with Crippen LogP contribution in [0.15, 0.2) is 60.7 Å². The molecule has 100 valence electrons. The van der Waals surface area contributed by atoms with E-state index in [9.17, 15) is 4.39 Å². The number of aromatic nitrogens is 2. The summed E-state index contributed by atoms with van der Waals surface area (Å²) < 4.78 is 15.0. The van der Waals surface area contributed by atoms with Gasteiger partial charge < -0.3 is 0 Å². The van der Waals surface area contributed by atoms with Crippen LogP contribution in [0.2, 0.25) is 0 Å². The summed E-state index contributed by atoms with van der Waals surface area (Å²) in [4.78, 5) is 0. The van der Waals surface area contributed by atoms with Gasteiger partial charge >= 0.3 is 0 Å². The van der Waals surface area contributed by atoms with Crippen molar-refractivity contribution in [3.63, 3.8) is 0 Å². The summed E-state index contributed by atoms with van der Waals surface area (Å²) in [7, 11) is 0. The Balaban J connectivity index is 1.98. The number of hydrogen-bond donors (Lipinski definition) is 0. The highest BCUT2D eigenvalue weighted by Gasteiger charge is 2.08. The van der Waals surface area contributed by atoms with Gasteiger partial charge in [-0.05, 0) is 42.8 Å². The molecule has 0 fully saturated rings. The van der Waals surface area contributed by atoms with Crippen molar-refractivity contribution in [1.82, 2.24) is 9.78 Å². The predicted octanol–water partition coefficient (Wildman–Crippen LogP) is 4.05. The minimum Gasteiger partial charge on any atom is -0.260 e. The van der Waals surface area contributed by atoms with Crippen LogP contribution in [0.5, 0.6) is 0 Å². The van der Waals surface area contributed by atoms with E-state index in [0.29, 0.717) is 6.54 Å². The molecule has 2 nitrogen and oxygen atoms in total. The third-order valence-electron chi connectivity index (χ3n) is 3.22. The lowest BCUT2D eigenvalue weighted by atomic mass is 10.1. The highest BCUT2D eigenvalue weighted by atomic mass is 19.1. The van der Waals surface area contributed by atoms with Gasteiger partial charge in [-0.2, -0.15) is 5.10 Å². The van der Waals surface area contributed by atoms with Crippen molar-refractivity contribution in [3.05, 3.63) is 77.7 Å². The van der Waals surface area contributed by atoms with Crippen molar-refractivity contribution >= 4 is 0 Å². The second-order valence-corrected chi connectivity index (χ2v) is 4.82. The van der Waals surface area contributed by atoms with Crippen molar-refractivity contribution in [2.45, 2.75) is 13.5 Å². The standard InChI is InChI=1S/C17H15FN2/c1-13-11-17(15-7-9-16(18)10-8-15)20(19-13)12-14-5-3-2-4-6-14/h2-11H,12H2,1H3. The van der Waals surface area contributed by atoms with Gasteiger partial charge in [0.25, 0.3) is 0 Å². The van der Waals surface area contributed by atoms with Crippen LogP contribution in [0.1, 0.15) is 11.3 Å². The molecule has 1 aromatic heterocycles.